The van der Waals surface area contributed by atoms with Gasteiger partial charge in [0.15, 0.2) is 0 Å². The Hall–Kier alpha value is -1.80. The van der Waals surface area contributed by atoms with E-state index >= 15 is 0 Å². The number of likely N-dealkylation sites (tertiary alicyclic amines) is 1. The standard InChI is InChI=1S/C15H21F3N2O4/c1-19(7-6-15(16,17)18)11(21)12(22)20-8-10(13(23)24-2)14(9-20)4-3-5-14/h10H,3-9H2,1-2H3. The number of alkyl halides is 3. The number of hydrogen-bond acceptors (Lipinski definition) is 4. The molecule has 2 amide bonds. The Morgan fingerprint density at radius 2 is 1.92 bits per heavy atom. The molecular weight excluding hydrogens is 329 g/mol. The van der Waals surface area contributed by atoms with E-state index < -0.39 is 42.8 Å². The lowest BCUT2D eigenvalue weighted by atomic mass is 9.63. The average molecular weight is 350 g/mol. The van der Waals surface area contributed by atoms with Gasteiger partial charge in [-0.1, -0.05) is 6.42 Å². The number of ether oxygens (including phenoxy) is 1. The Kier molecular flexibility index (Phi) is 5.10. The maximum atomic E-state index is 12.3. The summed E-state index contributed by atoms with van der Waals surface area (Å²) in [4.78, 5) is 38.3. The summed E-state index contributed by atoms with van der Waals surface area (Å²) in [6, 6.07) is 0. The maximum absolute atomic E-state index is 12.3. The molecule has 2 aliphatic rings. The molecule has 1 aliphatic carbocycles. The van der Waals surface area contributed by atoms with E-state index in [2.05, 4.69) is 0 Å². The molecule has 1 unspecified atom stereocenters. The van der Waals surface area contributed by atoms with E-state index in [1.807, 2.05) is 0 Å². The summed E-state index contributed by atoms with van der Waals surface area (Å²) >= 11 is 0. The van der Waals surface area contributed by atoms with Crippen molar-refractivity contribution in [1.82, 2.24) is 9.80 Å². The first kappa shape index (κ1) is 18.5. The molecule has 0 aromatic rings. The van der Waals surface area contributed by atoms with E-state index in [-0.39, 0.29) is 18.5 Å². The third-order valence-corrected chi connectivity index (χ3v) is 5.03. The lowest BCUT2D eigenvalue weighted by molar-refractivity contribution is -0.155. The van der Waals surface area contributed by atoms with Gasteiger partial charge in [-0.3, -0.25) is 14.4 Å². The molecule has 136 valence electrons. The Bertz CT molecular complexity index is 531. The molecule has 1 spiro atoms. The van der Waals surface area contributed by atoms with Crippen molar-refractivity contribution in [3.05, 3.63) is 0 Å². The Morgan fingerprint density at radius 1 is 1.29 bits per heavy atom. The summed E-state index contributed by atoms with van der Waals surface area (Å²) in [5.74, 6) is -2.74. The van der Waals surface area contributed by atoms with Gasteiger partial charge in [0.25, 0.3) is 0 Å². The normalized spacial score (nSPS) is 22.2. The van der Waals surface area contributed by atoms with Crippen LogP contribution in [0.2, 0.25) is 0 Å². The Labute approximate surface area is 137 Å². The molecule has 0 aromatic carbocycles. The summed E-state index contributed by atoms with van der Waals surface area (Å²) in [6.07, 6.45) is -3.08. The van der Waals surface area contributed by atoms with Crippen LogP contribution < -0.4 is 0 Å². The molecule has 1 saturated carbocycles. The minimum absolute atomic E-state index is 0.0738. The summed E-state index contributed by atoms with van der Waals surface area (Å²) in [6.45, 7) is -0.234. The van der Waals surface area contributed by atoms with Gasteiger partial charge in [-0.15, -0.1) is 0 Å². The first-order chi connectivity index (χ1) is 11.1. The van der Waals surface area contributed by atoms with Gasteiger partial charge in [0, 0.05) is 32.1 Å². The van der Waals surface area contributed by atoms with Gasteiger partial charge in [-0.05, 0) is 12.8 Å². The summed E-state index contributed by atoms with van der Waals surface area (Å²) in [5, 5.41) is 0. The van der Waals surface area contributed by atoms with Crippen molar-refractivity contribution in [3.8, 4) is 0 Å². The number of likely N-dealkylation sites (N-methyl/N-ethyl adjacent to an activating group) is 1. The molecule has 0 aromatic heterocycles. The van der Waals surface area contributed by atoms with E-state index in [4.69, 9.17) is 4.74 Å². The van der Waals surface area contributed by atoms with Crippen molar-refractivity contribution in [2.24, 2.45) is 11.3 Å². The highest BCUT2D eigenvalue weighted by atomic mass is 19.4. The quantitative estimate of drug-likeness (QED) is 0.567. The molecule has 1 aliphatic heterocycles. The highest BCUT2D eigenvalue weighted by molar-refractivity contribution is 6.34. The lowest BCUT2D eigenvalue weighted by Gasteiger charge is -2.41. The second kappa shape index (κ2) is 6.60. The van der Waals surface area contributed by atoms with Crippen LogP contribution in [0, 0.1) is 11.3 Å². The molecule has 2 fully saturated rings. The minimum atomic E-state index is -4.39. The van der Waals surface area contributed by atoms with Crippen molar-refractivity contribution in [1.29, 1.82) is 0 Å². The highest BCUT2D eigenvalue weighted by Gasteiger charge is 2.55. The van der Waals surface area contributed by atoms with Gasteiger partial charge in [-0.2, -0.15) is 13.2 Å². The predicted molar refractivity (Wildman–Crippen MR) is 76.7 cm³/mol. The minimum Gasteiger partial charge on any atom is -0.469 e. The number of nitrogens with zero attached hydrogens (tertiary/aromatic N) is 2. The number of carbonyl (C=O) groups is 3. The first-order valence-electron chi connectivity index (χ1n) is 7.78. The molecule has 24 heavy (non-hydrogen) atoms. The predicted octanol–water partition coefficient (Wildman–Crippen LogP) is 1.20. The van der Waals surface area contributed by atoms with E-state index in [1.54, 1.807) is 0 Å². The smallest absolute Gasteiger partial charge is 0.390 e. The topological polar surface area (TPSA) is 66.9 Å². The van der Waals surface area contributed by atoms with E-state index in [9.17, 15) is 27.6 Å². The molecule has 0 radical (unpaired) electrons. The highest BCUT2D eigenvalue weighted by Crippen LogP contribution is 2.52. The fourth-order valence-corrected chi connectivity index (χ4v) is 3.42. The van der Waals surface area contributed by atoms with Crippen LogP contribution >= 0.6 is 0 Å². The maximum Gasteiger partial charge on any atom is 0.390 e. The number of carbonyl (C=O) groups excluding carboxylic acids is 3. The summed E-state index contributed by atoms with van der Waals surface area (Å²) < 4.78 is 41.5. The molecule has 9 heteroatoms. The van der Waals surface area contributed by atoms with Crippen LogP contribution in [0.4, 0.5) is 13.2 Å². The van der Waals surface area contributed by atoms with E-state index in [1.165, 1.54) is 19.1 Å². The van der Waals surface area contributed by atoms with Crippen molar-refractivity contribution < 1.29 is 32.3 Å². The van der Waals surface area contributed by atoms with Crippen LogP contribution in [0.3, 0.4) is 0 Å². The van der Waals surface area contributed by atoms with Crippen molar-refractivity contribution >= 4 is 17.8 Å². The largest absolute Gasteiger partial charge is 0.469 e. The van der Waals surface area contributed by atoms with Crippen LogP contribution in [0.5, 0.6) is 0 Å². The SMILES string of the molecule is COC(=O)C1CN(C(=O)C(=O)N(C)CCC(F)(F)F)CC12CCC2. The number of halogens is 3. The summed E-state index contributed by atoms with van der Waals surface area (Å²) in [5.41, 5.74) is -0.354. The van der Waals surface area contributed by atoms with Gasteiger partial charge >= 0.3 is 24.0 Å². The van der Waals surface area contributed by atoms with Gasteiger partial charge in [0.05, 0.1) is 19.4 Å². The number of esters is 1. The van der Waals surface area contributed by atoms with Crippen LogP contribution in [0.1, 0.15) is 25.7 Å². The zero-order valence-corrected chi connectivity index (χ0v) is 13.7. The molecule has 2 rings (SSSR count). The monoisotopic (exact) mass is 350 g/mol. The van der Waals surface area contributed by atoms with E-state index in [0.29, 0.717) is 0 Å². The van der Waals surface area contributed by atoms with Gasteiger partial charge in [-0.25, -0.2) is 0 Å². The zero-order chi connectivity index (χ0) is 18.1. The summed E-state index contributed by atoms with van der Waals surface area (Å²) in [7, 11) is 2.44. The van der Waals surface area contributed by atoms with Crippen LogP contribution in [-0.4, -0.2) is 67.6 Å². The average Bonchev–Trinajstić information content (AvgIpc) is 2.90. The number of methoxy groups -OCH3 is 1. The third-order valence-electron chi connectivity index (χ3n) is 5.03. The van der Waals surface area contributed by atoms with Gasteiger partial charge in [0.2, 0.25) is 0 Å². The van der Waals surface area contributed by atoms with Crippen LogP contribution in [0.25, 0.3) is 0 Å². The van der Waals surface area contributed by atoms with Gasteiger partial charge in [0.1, 0.15) is 0 Å². The molecule has 0 bridgehead atoms. The van der Waals surface area contributed by atoms with Crippen LogP contribution in [-0.2, 0) is 19.1 Å². The molecule has 1 heterocycles. The molecule has 0 N–H and O–H groups in total. The van der Waals surface area contributed by atoms with Crippen molar-refractivity contribution in [3.63, 3.8) is 0 Å². The zero-order valence-electron chi connectivity index (χ0n) is 13.7. The fourth-order valence-electron chi connectivity index (χ4n) is 3.42. The van der Waals surface area contributed by atoms with Crippen LogP contribution in [0.15, 0.2) is 0 Å². The fraction of sp³-hybridized carbons (Fsp3) is 0.800. The third kappa shape index (κ3) is 3.64. The van der Waals surface area contributed by atoms with E-state index in [0.717, 1.165) is 24.2 Å². The molecule has 1 saturated heterocycles. The molecule has 1 atom stereocenters. The first-order valence-corrected chi connectivity index (χ1v) is 7.78. The van der Waals surface area contributed by atoms with Crippen molar-refractivity contribution in [2.45, 2.75) is 31.9 Å². The molecule has 6 nitrogen and oxygen atoms in total. The molecular formula is C15H21F3N2O4. The van der Waals surface area contributed by atoms with Crippen molar-refractivity contribution in [2.75, 3.05) is 33.8 Å². The van der Waals surface area contributed by atoms with Gasteiger partial charge < -0.3 is 14.5 Å². The Balaban J connectivity index is 1.99. The second-order valence-corrected chi connectivity index (χ2v) is 6.57. The lowest BCUT2D eigenvalue weighted by Crippen LogP contribution is -2.45. The number of amides is 2. The number of hydrogen-bond donors (Lipinski definition) is 0. The second-order valence-electron chi connectivity index (χ2n) is 6.57. The Morgan fingerprint density at radius 3 is 2.38 bits per heavy atom. The number of rotatable bonds is 3.